The van der Waals surface area contributed by atoms with Gasteiger partial charge >= 0.3 is 6.03 Å². The maximum atomic E-state index is 12.7. The highest BCUT2D eigenvalue weighted by Crippen LogP contribution is 2.09. The summed E-state index contributed by atoms with van der Waals surface area (Å²) in [4.78, 5) is 28.1. The number of hydrogen-bond acceptors (Lipinski definition) is 2. The quantitative estimate of drug-likeness (QED) is 0.782. The molecule has 1 heterocycles. The van der Waals surface area contributed by atoms with Gasteiger partial charge in [0.05, 0.1) is 0 Å². The van der Waals surface area contributed by atoms with Gasteiger partial charge in [-0.2, -0.15) is 0 Å². The molecule has 0 aromatic heterocycles. The van der Waals surface area contributed by atoms with Crippen LogP contribution in [0.4, 0.5) is 4.79 Å². The summed E-state index contributed by atoms with van der Waals surface area (Å²) in [6.07, 6.45) is 2.36. The summed E-state index contributed by atoms with van der Waals surface area (Å²) in [6, 6.07) is 20.1. The molecule has 0 spiro atoms. The van der Waals surface area contributed by atoms with Crippen LogP contribution in [0.15, 0.2) is 60.7 Å². The molecular formula is C22H27N3O2. The fourth-order valence-corrected chi connectivity index (χ4v) is 3.32. The molecule has 0 unspecified atom stereocenters. The van der Waals surface area contributed by atoms with Crippen LogP contribution in [0.1, 0.15) is 24.0 Å². The Morgan fingerprint density at radius 1 is 1.00 bits per heavy atom. The number of carbonyl (C=O) groups excluding carboxylic acids is 2. The number of hydrogen-bond donors (Lipinski definition) is 1. The second kappa shape index (κ2) is 9.76. The average molecular weight is 365 g/mol. The van der Waals surface area contributed by atoms with Crippen molar-refractivity contribution in [3.8, 4) is 0 Å². The van der Waals surface area contributed by atoms with Crippen LogP contribution in [0.2, 0.25) is 0 Å². The molecule has 2 aromatic carbocycles. The predicted molar refractivity (Wildman–Crippen MR) is 106 cm³/mol. The number of amides is 3. The van der Waals surface area contributed by atoms with E-state index in [2.05, 4.69) is 17.4 Å². The van der Waals surface area contributed by atoms with Crippen LogP contribution < -0.4 is 5.32 Å². The molecule has 0 bridgehead atoms. The van der Waals surface area contributed by atoms with Crippen molar-refractivity contribution in [3.63, 3.8) is 0 Å². The van der Waals surface area contributed by atoms with E-state index in [9.17, 15) is 9.59 Å². The second-order valence-electron chi connectivity index (χ2n) is 6.86. The van der Waals surface area contributed by atoms with Gasteiger partial charge in [-0.25, -0.2) is 4.79 Å². The predicted octanol–water partition coefficient (Wildman–Crippen LogP) is 3.06. The van der Waals surface area contributed by atoms with Crippen LogP contribution in [-0.4, -0.2) is 47.9 Å². The summed E-state index contributed by atoms with van der Waals surface area (Å²) in [7, 11) is 0. The molecule has 2 aromatic rings. The number of nitrogens with zero attached hydrogens (tertiary/aromatic N) is 2. The SMILES string of the molecule is O=C1CCCN1CCNC(=O)N(CCc1ccccc1)Cc1ccccc1. The fourth-order valence-electron chi connectivity index (χ4n) is 3.32. The highest BCUT2D eigenvalue weighted by atomic mass is 16.2. The first-order chi connectivity index (χ1) is 13.2. The molecule has 3 amide bonds. The van der Waals surface area contributed by atoms with Gasteiger partial charge in [0.25, 0.3) is 0 Å². The van der Waals surface area contributed by atoms with Crippen molar-refractivity contribution in [1.29, 1.82) is 0 Å². The normalized spacial score (nSPS) is 13.6. The molecule has 1 saturated heterocycles. The van der Waals surface area contributed by atoms with E-state index >= 15 is 0 Å². The summed E-state index contributed by atoms with van der Waals surface area (Å²) in [6.45, 7) is 3.09. The summed E-state index contributed by atoms with van der Waals surface area (Å²) >= 11 is 0. The number of carbonyl (C=O) groups is 2. The van der Waals surface area contributed by atoms with Gasteiger partial charge in [0.2, 0.25) is 5.91 Å². The van der Waals surface area contributed by atoms with Crippen LogP contribution in [0, 0.1) is 0 Å². The standard InChI is InChI=1S/C22H27N3O2/c26-21-12-7-15-24(21)17-14-23-22(27)25(18-20-10-5-2-6-11-20)16-13-19-8-3-1-4-9-19/h1-6,8-11H,7,12-18H2,(H,23,27). The third-order valence-corrected chi connectivity index (χ3v) is 4.85. The van der Waals surface area contributed by atoms with Crippen molar-refractivity contribution in [2.24, 2.45) is 0 Å². The molecule has 0 radical (unpaired) electrons. The molecule has 3 rings (SSSR count). The van der Waals surface area contributed by atoms with Gasteiger partial charge in [0.1, 0.15) is 0 Å². The van der Waals surface area contributed by atoms with E-state index in [1.165, 1.54) is 5.56 Å². The molecule has 0 atom stereocenters. The Morgan fingerprint density at radius 3 is 2.30 bits per heavy atom. The first kappa shape index (κ1) is 19.0. The zero-order valence-corrected chi connectivity index (χ0v) is 15.6. The van der Waals surface area contributed by atoms with Gasteiger partial charge in [-0.1, -0.05) is 60.7 Å². The molecule has 1 N–H and O–H groups in total. The third-order valence-electron chi connectivity index (χ3n) is 4.85. The first-order valence-electron chi connectivity index (χ1n) is 9.61. The molecule has 1 fully saturated rings. The summed E-state index contributed by atoms with van der Waals surface area (Å²) in [5.41, 5.74) is 2.32. The maximum Gasteiger partial charge on any atom is 0.317 e. The van der Waals surface area contributed by atoms with Crippen LogP contribution in [-0.2, 0) is 17.8 Å². The highest BCUT2D eigenvalue weighted by molar-refractivity contribution is 5.78. The van der Waals surface area contributed by atoms with Crippen molar-refractivity contribution in [2.45, 2.75) is 25.8 Å². The lowest BCUT2D eigenvalue weighted by Gasteiger charge is -2.24. The van der Waals surface area contributed by atoms with Crippen molar-refractivity contribution < 1.29 is 9.59 Å². The average Bonchev–Trinajstić information content (AvgIpc) is 3.11. The Labute approximate surface area is 161 Å². The van der Waals surface area contributed by atoms with Crippen LogP contribution in [0.3, 0.4) is 0 Å². The van der Waals surface area contributed by atoms with Gasteiger partial charge in [-0.3, -0.25) is 4.79 Å². The van der Waals surface area contributed by atoms with Gasteiger partial charge < -0.3 is 15.1 Å². The number of rotatable bonds is 8. The van der Waals surface area contributed by atoms with Crippen molar-refractivity contribution >= 4 is 11.9 Å². The zero-order valence-electron chi connectivity index (χ0n) is 15.6. The summed E-state index contributed by atoms with van der Waals surface area (Å²) in [5.74, 6) is 0.189. The Bertz CT molecular complexity index is 734. The van der Waals surface area contributed by atoms with E-state index in [1.54, 1.807) is 0 Å². The molecular weight excluding hydrogens is 338 g/mol. The van der Waals surface area contributed by atoms with E-state index in [-0.39, 0.29) is 11.9 Å². The van der Waals surface area contributed by atoms with E-state index in [0.29, 0.717) is 32.6 Å². The van der Waals surface area contributed by atoms with Crippen LogP contribution in [0.5, 0.6) is 0 Å². The number of nitrogens with one attached hydrogen (secondary N) is 1. The maximum absolute atomic E-state index is 12.7. The van der Waals surface area contributed by atoms with Crippen LogP contribution in [0.25, 0.3) is 0 Å². The minimum absolute atomic E-state index is 0.0820. The molecule has 1 aliphatic heterocycles. The molecule has 142 valence electrons. The number of benzene rings is 2. The lowest BCUT2D eigenvalue weighted by atomic mass is 10.1. The van der Waals surface area contributed by atoms with Gasteiger partial charge in [0, 0.05) is 39.1 Å². The van der Waals surface area contributed by atoms with E-state index in [1.807, 2.05) is 58.3 Å². The minimum Gasteiger partial charge on any atom is -0.341 e. The largest absolute Gasteiger partial charge is 0.341 e. The molecule has 0 saturated carbocycles. The molecule has 5 heteroatoms. The number of urea groups is 1. The Hall–Kier alpha value is -2.82. The van der Waals surface area contributed by atoms with Crippen molar-refractivity contribution in [3.05, 3.63) is 71.8 Å². The summed E-state index contributed by atoms with van der Waals surface area (Å²) in [5, 5.41) is 2.98. The summed E-state index contributed by atoms with van der Waals surface area (Å²) < 4.78 is 0. The molecule has 5 nitrogen and oxygen atoms in total. The van der Waals surface area contributed by atoms with E-state index < -0.39 is 0 Å². The van der Waals surface area contributed by atoms with Crippen LogP contribution >= 0.6 is 0 Å². The Morgan fingerprint density at radius 2 is 1.67 bits per heavy atom. The van der Waals surface area contributed by atoms with Gasteiger partial charge in [-0.15, -0.1) is 0 Å². The highest BCUT2D eigenvalue weighted by Gasteiger charge is 2.20. The fraction of sp³-hybridized carbons (Fsp3) is 0.364. The first-order valence-corrected chi connectivity index (χ1v) is 9.61. The van der Waals surface area contributed by atoms with Gasteiger partial charge in [-0.05, 0) is 24.0 Å². The Kier molecular flexibility index (Phi) is 6.85. The lowest BCUT2D eigenvalue weighted by Crippen LogP contribution is -2.43. The minimum atomic E-state index is -0.0820. The van der Waals surface area contributed by atoms with E-state index in [0.717, 1.165) is 24.9 Å². The van der Waals surface area contributed by atoms with Crippen molar-refractivity contribution in [1.82, 2.24) is 15.1 Å². The zero-order chi connectivity index (χ0) is 18.9. The molecule has 1 aliphatic rings. The Balaban J connectivity index is 1.55. The second-order valence-corrected chi connectivity index (χ2v) is 6.86. The van der Waals surface area contributed by atoms with Crippen molar-refractivity contribution in [2.75, 3.05) is 26.2 Å². The smallest absolute Gasteiger partial charge is 0.317 e. The molecule has 27 heavy (non-hydrogen) atoms. The number of likely N-dealkylation sites (tertiary alicyclic amines) is 1. The topological polar surface area (TPSA) is 52.7 Å². The van der Waals surface area contributed by atoms with E-state index in [4.69, 9.17) is 0 Å². The lowest BCUT2D eigenvalue weighted by molar-refractivity contribution is -0.127. The molecule has 0 aliphatic carbocycles. The monoisotopic (exact) mass is 365 g/mol. The third kappa shape index (κ3) is 5.84. The van der Waals surface area contributed by atoms with Gasteiger partial charge in [0.15, 0.2) is 0 Å².